The highest BCUT2D eigenvalue weighted by molar-refractivity contribution is 7.07. The zero-order valence-electron chi connectivity index (χ0n) is 10.4. The van der Waals surface area contributed by atoms with Crippen LogP contribution in [0.1, 0.15) is 27.9 Å². The SMILES string of the molecule is Nc1ccc(C(F)(F)F)cc1C(=O)CCc1ccsc1. The zero-order chi connectivity index (χ0) is 14.8. The Balaban J connectivity index is 2.16. The summed E-state index contributed by atoms with van der Waals surface area (Å²) in [6.07, 6.45) is -3.84. The molecule has 0 fully saturated rings. The van der Waals surface area contributed by atoms with Crippen LogP contribution >= 0.6 is 11.3 Å². The highest BCUT2D eigenvalue weighted by atomic mass is 32.1. The topological polar surface area (TPSA) is 43.1 Å². The summed E-state index contributed by atoms with van der Waals surface area (Å²) in [6.45, 7) is 0. The van der Waals surface area contributed by atoms with Crippen LogP contribution in [-0.4, -0.2) is 5.78 Å². The molecule has 0 aliphatic heterocycles. The number of benzene rings is 1. The number of halogens is 3. The summed E-state index contributed by atoms with van der Waals surface area (Å²) in [5.41, 5.74) is 5.75. The first kappa shape index (κ1) is 14.6. The third-order valence-corrected chi connectivity index (χ3v) is 3.63. The molecule has 0 aliphatic rings. The summed E-state index contributed by atoms with van der Waals surface area (Å²) >= 11 is 1.51. The van der Waals surface area contributed by atoms with Crippen molar-refractivity contribution in [2.75, 3.05) is 5.73 Å². The standard InChI is InChI=1S/C14H12F3NOS/c15-14(16,17)10-2-3-12(18)11(7-10)13(19)4-1-9-5-6-20-8-9/h2-3,5-8H,1,4,18H2. The van der Waals surface area contributed by atoms with Crippen LogP contribution in [0, 0.1) is 0 Å². The molecule has 0 atom stereocenters. The largest absolute Gasteiger partial charge is 0.416 e. The van der Waals surface area contributed by atoms with Crippen molar-refractivity contribution in [3.05, 3.63) is 51.7 Å². The highest BCUT2D eigenvalue weighted by Gasteiger charge is 2.31. The first-order valence-corrected chi connectivity index (χ1v) is 6.83. The molecular weight excluding hydrogens is 287 g/mol. The molecule has 0 saturated heterocycles. The molecule has 0 spiro atoms. The van der Waals surface area contributed by atoms with Crippen molar-refractivity contribution in [2.24, 2.45) is 0 Å². The van der Waals surface area contributed by atoms with Crippen LogP contribution in [0.3, 0.4) is 0 Å². The number of carbonyl (C=O) groups excluding carboxylic acids is 1. The Hall–Kier alpha value is -1.82. The van der Waals surface area contributed by atoms with E-state index >= 15 is 0 Å². The van der Waals surface area contributed by atoms with Crippen LogP contribution in [0.5, 0.6) is 0 Å². The number of anilines is 1. The van der Waals surface area contributed by atoms with Crippen molar-refractivity contribution in [2.45, 2.75) is 19.0 Å². The first-order chi connectivity index (χ1) is 9.38. The third kappa shape index (κ3) is 3.39. The predicted molar refractivity (Wildman–Crippen MR) is 72.8 cm³/mol. The van der Waals surface area contributed by atoms with Crippen LogP contribution in [0.2, 0.25) is 0 Å². The molecule has 6 heteroatoms. The van der Waals surface area contributed by atoms with E-state index in [1.165, 1.54) is 11.3 Å². The summed E-state index contributed by atoms with van der Waals surface area (Å²) in [4.78, 5) is 12.0. The van der Waals surface area contributed by atoms with Gasteiger partial charge in [0.25, 0.3) is 0 Å². The molecule has 2 aromatic rings. The smallest absolute Gasteiger partial charge is 0.398 e. The van der Waals surface area contributed by atoms with E-state index in [2.05, 4.69) is 0 Å². The zero-order valence-corrected chi connectivity index (χ0v) is 11.2. The molecule has 0 amide bonds. The second-order valence-corrected chi connectivity index (χ2v) is 5.13. The molecule has 0 aliphatic carbocycles. The number of Topliss-reactive ketones (excluding diaryl/α,β-unsaturated/α-hetero) is 1. The van der Waals surface area contributed by atoms with E-state index in [4.69, 9.17) is 5.73 Å². The second kappa shape index (κ2) is 5.66. The second-order valence-electron chi connectivity index (χ2n) is 4.35. The summed E-state index contributed by atoms with van der Waals surface area (Å²) in [5.74, 6) is -0.375. The average molecular weight is 299 g/mol. The lowest BCUT2D eigenvalue weighted by Gasteiger charge is -2.10. The van der Waals surface area contributed by atoms with E-state index in [-0.39, 0.29) is 23.5 Å². The lowest BCUT2D eigenvalue weighted by molar-refractivity contribution is -0.137. The number of aryl methyl sites for hydroxylation is 1. The van der Waals surface area contributed by atoms with E-state index in [0.29, 0.717) is 6.42 Å². The van der Waals surface area contributed by atoms with Gasteiger partial charge in [0.05, 0.1) is 5.56 Å². The van der Waals surface area contributed by atoms with Gasteiger partial charge in [0, 0.05) is 17.7 Å². The molecule has 0 radical (unpaired) electrons. The van der Waals surface area contributed by atoms with Crippen molar-refractivity contribution in [3.63, 3.8) is 0 Å². The van der Waals surface area contributed by atoms with Crippen molar-refractivity contribution in [1.82, 2.24) is 0 Å². The quantitative estimate of drug-likeness (QED) is 0.680. The molecule has 0 unspecified atom stereocenters. The van der Waals surface area contributed by atoms with Gasteiger partial charge >= 0.3 is 6.18 Å². The molecule has 1 heterocycles. The number of rotatable bonds is 4. The van der Waals surface area contributed by atoms with Gasteiger partial charge in [0.1, 0.15) is 0 Å². The minimum absolute atomic E-state index is 0.0601. The minimum atomic E-state index is -4.48. The normalized spacial score (nSPS) is 11.6. The summed E-state index contributed by atoms with van der Waals surface area (Å²) in [7, 11) is 0. The third-order valence-electron chi connectivity index (χ3n) is 2.90. The van der Waals surface area contributed by atoms with Gasteiger partial charge in [-0.15, -0.1) is 0 Å². The lowest BCUT2D eigenvalue weighted by atomic mass is 10.0. The molecule has 1 aromatic heterocycles. The van der Waals surface area contributed by atoms with Crippen LogP contribution in [0.15, 0.2) is 35.0 Å². The molecule has 2 rings (SSSR count). The highest BCUT2D eigenvalue weighted by Crippen LogP contribution is 2.31. The number of thiophene rings is 1. The number of nitrogens with two attached hydrogens (primary N) is 1. The minimum Gasteiger partial charge on any atom is -0.398 e. The Morgan fingerprint density at radius 1 is 1.25 bits per heavy atom. The molecule has 20 heavy (non-hydrogen) atoms. The van der Waals surface area contributed by atoms with Crippen molar-refractivity contribution in [1.29, 1.82) is 0 Å². The van der Waals surface area contributed by atoms with E-state index < -0.39 is 11.7 Å². The van der Waals surface area contributed by atoms with E-state index in [1.807, 2.05) is 16.8 Å². The maximum Gasteiger partial charge on any atom is 0.416 e. The van der Waals surface area contributed by atoms with Crippen LogP contribution in [0.25, 0.3) is 0 Å². The van der Waals surface area contributed by atoms with Crippen molar-refractivity contribution in [3.8, 4) is 0 Å². The molecule has 2 N–H and O–H groups in total. The molecule has 0 saturated carbocycles. The Morgan fingerprint density at radius 3 is 2.60 bits per heavy atom. The lowest BCUT2D eigenvalue weighted by Crippen LogP contribution is -2.10. The number of nitrogen functional groups attached to an aromatic ring is 1. The van der Waals surface area contributed by atoms with E-state index in [1.54, 1.807) is 0 Å². The number of carbonyl (C=O) groups is 1. The predicted octanol–water partition coefficient (Wildman–Crippen LogP) is 4.16. The van der Waals surface area contributed by atoms with E-state index in [0.717, 1.165) is 23.8 Å². The van der Waals surface area contributed by atoms with Gasteiger partial charge in [-0.05, 0) is 47.0 Å². The summed E-state index contributed by atoms with van der Waals surface area (Å²) < 4.78 is 37.9. The number of hydrogen-bond donors (Lipinski definition) is 1. The van der Waals surface area contributed by atoms with Gasteiger partial charge < -0.3 is 5.73 Å². The van der Waals surface area contributed by atoms with Gasteiger partial charge in [-0.25, -0.2) is 0 Å². The van der Waals surface area contributed by atoms with Gasteiger partial charge in [-0.1, -0.05) is 0 Å². The fraction of sp³-hybridized carbons (Fsp3) is 0.214. The van der Waals surface area contributed by atoms with E-state index in [9.17, 15) is 18.0 Å². The maximum absolute atomic E-state index is 12.6. The Morgan fingerprint density at radius 2 is 2.00 bits per heavy atom. The number of hydrogen-bond acceptors (Lipinski definition) is 3. The van der Waals surface area contributed by atoms with Gasteiger partial charge in [0.2, 0.25) is 0 Å². The Labute approximate surface area is 118 Å². The van der Waals surface area contributed by atoms with Crippen LogP contribution < -0.4 is 5.73 Å². The molecule has 1 aromatic carbocycles. The monoisotopic (exact) mass is 299 g/mol. The summed E-state index contributed by atoms with van der Waals surface area (Å²) in [6, 6.07) is 4.71. The Kier molecular flexibility index (Phi) is 4.13. The van der Waals surface area contributed by atoms with Gasteiger partial charge in [-0.3, -0.25) is 4.79 Å². The van der Waals surface area contributed by atoms with Crippen LogP contribution in [-0.2, 0) is 12.6 Å². The van der Waals surface area contributed by atoms with Crippen molar-refractivity contribution < 1.29 is 18.0 Å². The first-order valence-electron chi connectivity index (χ1n) is 5.89. The fourth-order valence-corrected chi connectivity index (χ4v) is 2.50. The summed E-state index contributed by atoms with van der Waals surface area (Å²) in [5, 5.41) is 3.79. The average Bonchev–Trinajstić information content (AvgIpc) is 2.88. The number of alkyl halides is 3. The fourth-order valence-electron chi connectivity index (χ4n) is 1.80. The van der Waals surface area contributed by atoms with Gasteiger partial charge in [0.15, 0.2) is 5.78 Å². The van der Waals surface area contributed by atoms with Gasteiger partial charge in [-0.2, -0.15) is 24.5 Å². The van der Waals surface area contributed by atoms with Crippen molar-refractivity contribution >= 4 is 22.8 Å². The molecule has 0 bridgehead atoms. The number of ketones is 1. The molecular formula is C14H12F3NOS. The molecule has 2 nitrogen and oxygen atoms in total. The molecule has 106 valence electrons. The maximum atomic E-state index is 12.6. The van der Waals surface area contributed by atoms with Crippen LogP contribution in [0.4, 0.5) is 18.9 Å². The Bertz CT molecular complexity index is 605.